The first kappa shape index (κ1) is 17.2. The third-order valence-electron chi connectivity index (χ3n) is 4.62. The van der Waals surface area contributed by atoms with E-state index in [0.717, 1.165) is 12.1 Å². The summed E-state index contributed by atoms with van der Waals surface area (Å²) in [5.41, 5.74) is 1.79. The molecule has 0 aliphatic carbocycles. The van der Waals surface area contributed by atoms with Gasteiger partial charge in [0, 0.05) is 35.8 Å². The summed E-state index contributed by atoms with van der Waals surface area (Å²) in [6.45, 7) is 3.00. The summed E-state index contributed by atoms with van der Waals surface area (Å²) in [5.74, 6) is -0.126. The van der Waals surface area contributed by atoms with Gasteiger partial charge in [0.25, 0.3) is 11.8 Å². The molecule has 2 aromatic carbocycles. The minimum absolute atomic E-state index is 0.0573. The Labute approximate surface area is 147 Å². The monoisotopic (exact) mass is 338 g/mol. The van der Waals surface area contributed by atoms with Crippen LogP contribution < -0.4 is 5.32 Å². The SMILES string of the molecule is CC(O)C1CCN(C(=O)c2ccc(C(=O)Nc3ccccc3)cc2)C1. The Kier molecular flexibility index (Phi) is 5.14. The molecule has 5 nitrogen and oxygen atoms in total. The normalized spacial score (nSPS) is 18.0. The maximum atomic E-state index is 12.5. The molecule has 5 heteroatoms. The van der Waals surface area contributed by atoms with Gasteiger partial charge in [0.2, 0.25) is 0 Å². The molecule has 0 aromatic heterocycles. The molecule has 3 rings (SSSR count). The number of carbonyl (C=O) groups excluding carboxylic acids is 2. The van der Waals surface area contributed by atoms with Crippen LogP contribution in [0.15, 0.2) is 54.6 Å². The van der Waals surface area contributed by atoms with Crippen LogP contribution in [-0.2, 0) is 0 Å². The highest BCUT2D eigenvalue weighted by molar-refractivity contribution is 6.05. The van der Waals surface area contributed by atoms with Crippen LogP contribution in [0.2, 0.25) is 0 Å². The van der Waals surface area contributed by atoms with Crippen LogP contribution in [0.1, 0.15) is 34.1 Å². The second-order valence-corrected chi connectivity index (χ2v) is 6.44. The van der Waals surface area contributed by atoms with Gasteiger partial charge in [-0.2, -0.15) is 0 Å². The Balaban J connectivity index is 1.64. The number of para-hydroxylation sites is 1. The van der Waals surface area contributed by atoms with Crippen molar-refractivity contribution in [3.05, 3.63) is 65.7 Å². The van der Waals surface area contributed by atoms with Crippen LogP contribution >= 0.6 is 0 Å². The summed E-state index contributed by atoms with van der Waals surface area (Å²) < 4.78 is 0. The van der Waals surface area contributed by atoms with Crippen molar-refractivity contribution in [2.45, 2.75) is 19.4 Å². The van der Waals surface area contributed by atoms with Gasteiger partial charge in [-0.3, -0.25) is 9.59 Å². The number of nitrogens with zero attached hydrogens (tertiary/aromatic N) is 1. The molecular formula is C20H22N2O3. The fourth-order valence-corrected chi connectivity index (χ4v) is 3.04. The van der Waals surface area contributed by atoms with Crippen molar-refractivity contribution in [3.63, 3.8) is 0 Å². The van der Waals surface area contributed by atoms with Crippen molar-refractivity contribution in [1.82, 2.24) is 4.90 Å². The average Bonchev–Trinajstić information content (AvgIpc) is 3.12. The second kappa shape index (κ2) is 7.49. The Morgan fingerprint density at radius 1 is 1.08 bits per heavy atom. The molecule has 2 aromatic rings. The van der Waals surface area contributed by atoms with Gasteiger partial charge in [-0.25, -0.2) is 0 Å². The lowest BCUT2D eigenvalue weighted by molar-refractivity contribution is 0.0762. The van der Waals surface area contributed by atoms with Crippen LogP contribution in [0.5, 0.6) is 0 Å². The van der Waals surface area contributed by atoms with Gasteiger partial charge in [-0.05, 0) is 49.7 Å². The van der Waals surface area contributed by atoms with Gasteiger partial charge in [0.15, 0.2) is 0 Å². The Morgan fingerprint density at radius 2 is 1.72 bits per heavy atom. The zero-order chi connectivity index (χ0) is 17.8. The van der Waals surface area contributed by atoms with Gasteiger partial charge in [0.1, 0.15) is 0 Å². The van der Waals surface area contributed by atoms with Crippen molar-refractivity contribution >= 4 is 17.5 Å². The van der Waals surface area contributed by atoms with E-state index in [1.54, 1.807) is 36.1 Å². The van der Waals surface area contributed by atoms with Crippen LogP contribution in [0.3, 0.4) is 0 Å². The fraction of sp³-hybridized carbons (Fsp3) is 0.300. The van der Waals surface area contributed by atoms with Crippen molar-refractivity contribution in [2.75, 3.05) is 18.4 Å². The highest BCUT2D eigenvalue weighted by Crippen LogP contribution is 2.21. The second-order valence-electron chi connectivity index (χ2n) is 6.44. The van der Waals surface area contributed by atoms with Crippen LogP contribution in [0.4, 0.5) is 5.69 Å². The van der Waals surface area contributed by atoms with Gasteiger partial charge >= 0.3 is 0 Å². The minimum Gasteiger partial charge on any atom is -0.393 e. The molecule has 1 saturated heterocycles. The van der Waals surface area contributed by atoms with Crippen LogP contribution in [-0.4, -0.2) is 41.0 Å². The Morgan fingerprint density at radius 3 is 2.32 bits per heavy atom. The van der Waals surface area contributed by atoms with E-state index in [1.165, 1.54) is 0 Å². The van der Waals surface area contributed by atoms with Crippen LogP contribution in [0.25, 0.3) is 0 Å². The van der Waals surface area contributed by atoms with E-state index in [2.05, 4.69) is 5.32 Å². The summed E-state index contributed by atoms with van der Waals surface area (Å²) in [6.07, 6.45) is 0.419. The standard InChI is InChI=1S/C20H22N2O3/c1-14(23)17-11-12-22(13-17)20(25)16-9-7-15(8-10-16)19(24)21-18-5-3-2-4-6-18/h2-10,14,17,23H,11-13H2,1H3,(H,21,24). The lowest BCUT2D eigenvalue weighted by atomic mass is 10.0. The molecule has 1 aliphatic rings. The van der Waals surface area contributed by atoms with Gasteiger partial charge in [-0.1, -0.05) is 18.2 Å². The molecule has 0 radical (unpaired) electrons. The molecule has 2 unspecified atom stereocenters. The number of aliphatic hydroxyl groups is 1. The molecule has 25 heavy (non-hydrogen) atoms. The summed E-state index contributed by atoms with van der Waals surface area (Å²) in [4.78, 5) is 26.5. The lowest BCUT2D eigenvalue weighted by Gasteiger charge is -2.18. The first-order valence-electron chi connectivity index (χ1n) is 8.48. The molecule has 0 spiro atoms. The number of nitrogens with one attached hydrogen (secondary N) is 1. The smallest absolute Gasteiger partial charge is 0.255 e. The third-order valence-corrected chi connectivity index (χ3v) is 4.62. The number of benzene rings is 2. The molecule has 1 fully saturated rings. The van der Waals surface area contributed by atoms with E-state index >= 15 is 0 Å². The molecule has 0 bridgehead atoms. The first-order valence-corrected chi connectivity index (χ1v) is 8.48. The fourth-order valence-electron chi connectivity index (χ4n) is 3.04. The van der Waals surface area contributed by atoms with Gasteiger partial charge < -0.3 is 15.3 Å². The summed E-state index contributed by atoms with van der Waals surface area (Å²) in [6, 6.07) is 15.9. The first-order chi connectivity index (χ1) is 12.0. The molecule has 2 N–H and O–H groups in total. The molecule has 2 atom stereocenters. The number of carbonyl (C=O) groups is 2. The maximum Gasteiger partial charge on any atom is 0.255 e. The number of hydrogen-bond donors (Lipinski definition) is 2. The number of likely N-dealkylation sites (tertiary alicyclic amines) is 1. The summed E-state index contributed by atoms with van der Waals surface area (Å²) in [7, 11) is 0. The molecule has 2 amide bonds. The largest absolute Gasteiger partial charge is 0.393 e. The van der Waals surface area contributed by atoms with Crippen molar-refractivity contribution in [3.8, 4) is 0 Å². The number of rotatable bonds is 4. The van der Waals surface area contributed by atoms with Gasteiger partial charge in [-0.15, -0.1) is 0 Å². The topological polar surface area (TPSA) is 69.6 Å². The Hall–Kier alpha value is -2.66. The van der Waals surface area contributed by atoms with Crippen molar-refractivity contribution in [1.29, 1.82) is 0 Å². The zero-order valence-electron chi connectivity index (χ0n) is 14.2. The van der Waals surface area contributed by atoms with E-state index in [-0.39, 0.29) is 17.7 Å². The number of anilines is 1. The zero-order valence-corrected chi connectivity index (χ0v) is 14.2. The molecular weight excluding hydrogens is 316 g/mol. The van der Waals surface area contributed by atoms with Gasteiger partial charge in [0.05, 0.1) is 6.10 Å². The van der Waals surface area contributed by atoms with Crippen molar-refractivity contribution in [2.24, 2.45) is 5.92 Å². The highest BCUT2D eigenvalue weighted by atomic mass is 16.3. The average molecular weight is 338 g/mol. The molecule has 1 heterocycles. The summed E-state index contributed by atoms with van der Waals surface area (Å²) >= 11 is 0. The van der Waals surface area contributed by atoms with E-state index in [0.29, 0.717) is 24.2 Å². The molecule has 130 valence electrons. The molecule has 1 aliphatic heterocycles. The predicted octanol–water partition coefficient (Wildman–Crippen LogP) is 2.78. The Bertz CT molecular complexity index is 741. The maximum absolute atomic E-state index is 12.5. The van der Waals surface area contributed by atoms with E-state index < -0.39 is 6.10 Å². The van der Waals surface area contributed by atoms with Crippen LogP contribution in [0, 0.1) is 5.92 Å². The number of amides is 2. The van der Waals surface area contributed by atoms with E-state index in [4.69, 9.17) is 0 Å². The van der Waals surface area contributed by atoms with E-state index in [9.17, 15) is 14.7 Å². The third kappa shape index (κ3) is 4.06. The quantitative estimate of drug-likeness (QED) is 0.901. The lowest BCUT2D eigenvalue weighted by Crippen LogP contribution is -2.30. The summed E-state index contributed by atoms with van der Waals surface area (Å²) in [5, 5.41) is 12.5. The van der Waals surface area contributed by atoms with E-state index in [1.807, 2.05) is 30.3 Å². The number of aliphatic hydroxyl groups excluding tert-OH is 1. The predicted molar refractivity (Wildman–Crippen MR) is 96.5 cm³/mol. The van der Waals surface area contributed by atoms with Crippen molar-refractivity contribution < 1.29 is 14.7 Å². The number of hydrogen-bond acceptors (Lipinski definition) is 3. The molecule has 0 saturated carbocycles. The highest BCUT2D eigenvalue weighted by Gasteiger charge is 2.29. The minimum atomic E-state index is -0.401.